The number of halogens is 1. The largest absolute Gasteiger partial charge is 0.371 e. The molecule has 0 fully saturated rings. The lowest BCUT2D eigenvalue weighted by Crippen LogP contribution is -2.33. The number of nitrogens with zero attached hydrogens (tertiary/aromatic N) is 2. The van der Waals surface area contributed by atoms with Crippen LogP contribution in [-0.4, -0.2) is 25.1 Å². The molecule has 2 nitrogen and oxygen atoms in total. The molecule has 1 aromatic carbocycles. The number of hydrogen-bond acceptors (Lipinski definition) is 3. The molecule has 0 bridgehead atoms. The average Bonchev–Trinajstić information content (AvgIpc) is 2.35. The fraction of sp³-hybridized carbons (Fsp3) is 0.462. The van der Waals surface area contributed by atoms with Gasteiger partial charge in [-0.25, -0.2) is 0 Å². The highest BCUT2D eigenvalue weighted by molar-refractivity contribution is 9.10. The van der Waals surface area contributed by atoms with Crippen molar-refractivity contribution in [3.63, 3.8) is 0 Å². The fourth-order valence-corrected chi connectivity index (χ4v) is 3.02. The molecule has 0 aromatic heterocycles. The summed E-state index contributed by atoms with van der Waals surface area (Å²) in [6, 6.07) is 8.58. The van der Waals surface area contributed by atoms with Crippen molar-refractivity contribution in [2.75, 3.05) is 24.0 Å². The van der Waals surface area contributed by atoms with Crippen LogP contribution in [0.5, 0.6) is 0 Å². The number of hydrogen-bond donors (Lipinski definition) is 0. The molecule has 0 aliphatic heterocycles. The molecule has 0 saturated carbocycles. The number of nitriles is 1. The van der Waals surface area contributed by atoms with E-state index in [2.05, 4.69) is 47.1 Å². The van der Waals surface area contributed by atoms with Gasteiger partial charge in [-0.15, -0.1) is 0 Å². The van der Waals surface area contributed by atoms with E-state index in [0.29, 0.717) is 11.6 Å². The summed E-state index contributed by atoms with van der Waals surface area (Å²) in [6.45, 7) is 2.20. The van der Waals surface area contributed by atoms with Gasteiger partial charge in [-0.2, -0.15) is 17.0 Å². The van der Waals surface area contributed by atoms with Crippen molar-refractivity contribution < 1.29 is 0 Å². The molecule has 17 heavy (non-hydrogen) atoms. The molecule has 4 heteroatoms. The Morgan fingerprint density at radius 1 is 1.53 bits per heavy atom. The molecule has 0 spiro atoms. The van der Waals surface area contributed by atoms with Crippen molar-refractivity contribution >= 4 is 33.4 Å². The van der Waals surface area contributed by atoms with Crippen LogP contribution in [0.15, 0.2) is 22.7 Å². The first-order valence-corrected chi connectivity index (χ1v) is 7.74. The van der Waals surface area contributed by atoms with Gasteiger partial charge >= 0.3 is 0 Å². The first-order chi connectivity index (χ1) is 8.13. The summed E-state index contributed by atoms with van der Waals surface area (Å²) in [5.74, 6) is 1.12. The second-order valence-electron chi connectivity index (χ2n) is 3.90. The summed E-state index contributed by atoms with van der Waals surface area (Å²) in [7, 11) is 2.11. The molecular formula is C13H17BrN2S. The summed E-state index contributed by atoms with van der Waals surface area (Å²) in [5.41, 5.74) is 1.83. The minimum absolute atomic E-state index is 0.532. The van der Waals surface area contributed by atoms with E-state index in [9.17, 15) is 0 Å². The van der Waals surface area contributed by atoms with Crippen LogP contribution < -0.4 is 4.90 Å². The molecule has 0 amide bonds. The monoisotopic (exact) mass is 312 g/mol. The van der Waals surface area contributed by atoms with E-state index in [0.717, 1.165) is 22.3 Å². The third-order valence-corrected chi connectivity index (χ3v) is 4.23. The standard InChI is InChI=1S/C13H17BrN2S/c1-4-11(9-17-3)16(2)12-6-5-10(8-15)13(14)7-12/h5-7,11H,4,9H2,1-3H3. The third kappa shape index (κ3) is 3.65. The predicted molar refractivity (Wildman–Crippen MR) is 79.7 cm³/mol. The lowest BCUT2D eigenvalue weighted by Gasteiger charge is -2.29. The highest BCUT2D eigenvalue weighted by Crippen LogP contribution is 2.25. The molecule has 1 unspecified atom stereocenters. The van der Waals surface area contributed by atoms with Crippen molar-refractivity contribution in [3.05, 3.63) is 28.2 Å². The highest BCUT2D eigenvalue weighted by atomic mass is 79.9. The van der Waals surface area contributed by atoms with Gasteiger partial charge in [-0.3, -0.25) is 0 Å². The topological polar surface area (TPSA) is 27.0 Å². The van der Waals surface area contributed by atoms with E-state index < -0.39 is 0 Å². The van der Waals surface area contributed by atoms with Crippen molar-refractivity contribution in [1.82, 2.24) is 0 Å². The third-order valence-electron chi connectivity index (χ3n) is 2.86. The Hall–Kier alpha value is -0.660. The van der Waals surface area contributed by atoms with Crippen LogP contribution in [0.4, 0.5) is 5.69 Å². The van der Waals surface area contributed by atoms with Gasteiger partial charge in [0.15, 0.2) is 0 Å². The molecule has 0 N–H and O–H groups in total. The highest BCUT2D eigenvalue weighted by Gasteiger charge is 2.13. The molecule has 0 aliphatic rings. The number of thioether (sulfide) groups is 1. The Kier molecular flexibility index (Phi) is 5.87. The Balaban J connectivity index is 2.92. The molecule has 1 rings (SSSR count). The van der Waals surface area contributed by atoms with Crippen molar-refractivity contribution in [2.45, 2.75) is 19.4 Å². The zero-order valence-electron chi connectivity index (χ0n) is 10.4. The summed E-state index contributed by atoms with van der Waals surface area (Å²) >= 11 is 5.29. The van der Waals surface area contributed by atoms with Crippen LogP contribution in [0.2, 0.25) is 0 Å². The number of benzene rings is 1. The molecule has 0 aliphatic carbocycles. The number of rotatable bonds is 5. The van der Waals surface area contributed by atoms with Gasteiger partial charge < -0.3 is 4.90 Å². The minimum Gasteiger partial charge on any atom is -0.371 e. The van der Waals surface area contributed by atoms with E-state index in [4.69, 9.17) is 5.26 Å². The van der Waals surface area contributed by atoms with Gasteiger partial charge in [0.05, 0.1) is 5.56 Å². The molecule has 0 radical (unpaired) electrons. The second-order valence-corrected chi connectivity index (χ2v) is 5.67. The first-order valence-electron chi connectivity index (χ1n) is 5.55. The van der Waals surface area contributed by atoms with E-state index in [1.165, 1.54) is 0 Å². The van der Waals surface area contributed by atoms with E-state index in [1.807, 2.05) is 30.0 Å². The number of anilines is 1. The Bertz CT molecular complexity index is 414. The molecule has 92 valence electrons. The maximum absolute atomic E-state index is 8.89. The van der Waals surface area contributed by atoms with Crippen LogP contribution >= 0.6 is 27.7 Å². The summed E-state index contributed by atoms with van der Waals surface area (Å²) in [5, 5.41) is 8.89. The van der Waals surface area contributed by atoms with Gasteiger partial charge in [-0.05, 0) is 46.8 Å². The Morgan fingerprint density at radius 3 is 2.71 bits per heavy atom. The van der Waals surface area contributed by atoms with Gasteiger partial charge in [-0.1, -0.05) is 6.92 Å². The molecule has 0 heterocycles. The SMILES string of the molecule is CCC(CSC)N(C)c1ccc(C#N)c(Br)c1. The van der Waals surface area contributed by atoms with Crippen LogP contribution in [0.3, 0.4) is 0 Å². The quantitative estimate of drug-likeness (QED) is 0.825. The predicted octanol–water partition coefficient (Wildman–Crippen LogP) is 3.90. The van der Waals surface area contributed by atoms with Crippen molar-refractivity contribution in [1.29, 1.82) is 5.26 Å². The maximum Gasteiger partial charge on any atom is 0.100 e. The second kappa shape index (κ2) is 6.93. The lowest BCUT2D eigenvalue weighted by molar-refractivity contribution is 0.673. The summed E-state index contributed by atoms with van der Waals surface area (Å²) in [4.78, 5) is 2.28. The smallest absolute Gasteiger partial charge is 0.100 e. The Morgan fingerprint density at radius 2 is 2.24 bits per heavy atom. The molecule has 1 atom stereocenters. The Labute approximate surface area is 116 Å². The van der Waals surface area contributed by atoms with Crippen LogP contribution in [-0.2, 0) is 0 Å². The lowest BCUT2D eigenvalue weighted by atomic mass is 10.1. The maximum atomic E-state index is 8.89. The van der Waals surface area contributed by atoms with E-state index >= 15 is 0 Å². The normalized spacial score (nSPS) is 11.9. The molecule has 0 saturated heterocycles. The van der Waals surface area contributed by atoms with Gasteiger partial charge in [0, 0.05) is 29.0 Å². The zero-order valence-corrected chi connectivity index (χ0v) is 12.8. The van der Waals surface area contributed by atoms with Gasteiger partial charge in [0.2, 0.25) is 0 Å². The molecule has 1 aromatic rings. The fourth-order valence-electron chi connectivity index (χ4n) is 1.72. The van der Waals surface area contributed by atoms with Crippen molar-refractivity contribution in [3.8, 4) is 6.07 Å². The average molecular weight is 313 g/mol. The van der Waals surface area contributed by atoms with Crippen molar-refractivity contribution in [2.24, 2.45) is 0 Å². The van der Waals surface area contributed by atoms with E-state index in [-0.39, 0.29) is 0 Å². The van der Waals surface area contributed by atoms with Crippen LogP contribution in [0.1, 0.15) is 18.9 Å². The summed E-state index contributed by atoms with van der Waals surface area (Å²) in [6.07, 6.45) is 3.25. The molecular weight excluding hydrogens is 296 g/mol. The van der Waals surface area contributed by atoms with Gasteiger partial charge in [0.1, 0.15) is 6.07 Å². The first kappa shape index (κ1) is 14.4. The minimum atomic E-state index is 0.532. The van der Waals surface area contributed by atoms with E-state index in [1.54, 1.807) is 0 Å². The summed E-state index contributed by atoms with van der Waals surface area (Å²) < 4.78 is 0.864. The van der Waals surface area contributed by atoms with Gasteiger partial charge in [0.25, 0.3) is 0 Å². The van der Waals surface area contributed by atoms with Crippen LogP contribution in [0.25, 0.3) is 0 Å². The van der Waals surface area contributed by atoms with Crippen LogP contribution in [0, 0.1) is 11.3 Å². The zero-order chi connectivity index (χ0) is 12.8.